The number of H-pyrrole nitrogens is 1. The van der Waals surface area contributed by atoms with Gasteiger partial charge in [-0.15, -0.1) is 0 Å². The largest absolute Gasteiger partial charge is 0.490 e. The van der Waals surface area contributed by atoms with Gasteiger partial charge in [0.25, 0.3) is 5.91 Å². The van der Waals surface area contributed by atoms with Crippen LogP contribution >= 0.6 is 0 Å². The van der Waals surface area contributed by atoms with E-state index in [0.717, 1.165) is 16.9 Å². The van der Waals surface area contributed by atoms with E-state index in [9.17, 15) is 18.0 Å². The van der Waals surface area contributed by atoms with Crippen molar-refractivity contribution in [2.24, 2.45) is 0 Å². The molecular formula is C24H27F3N6O6. The molecule has 2 aliphatic heterocycles. The monoisotopic (exact) mass is 552 g/mol. The van der Waals surface area contributed by atoms with E-state index >= 15 is 0 Å². The maximum absolute atomic E-state index is 13.1. The molecule has 210 valence electrons. The van der Waals surface area contributed by atoms with Crippen LogP contribution in [-0.2, 0) is 9.53 Å². The first-order valence-corrected chi connectivity index (χ1v) is 12.0. The number of hydrogen-bond acceptors (Lipinski definition) is 9. The molecule has 4 heterocycles. The first kappa shape index (κ1) is 27.8. The van der Waals surface area contributed by atoms with E-state index in [4.69, 9.17) is 24.1 Å². The molecule has 15 heteroatoms. The van der Waals surface area contributed by atoms with Crippen molar-refractivity contribution in [3.63, 3.8) is 0 Å². The predicted octanol–water partition coefficient (Wildman–Crippen LogP) is 3.40. The van der Waals surface area contributed by atoms with E-state index < -0.39 is 12.1 Å². The highest BCUT2D eigenvalue weighted by atomic mass is 19.4. The lowest BCUT2D eigenvalue weighted by Crippen LogP contribution is -2.41. The number of carboxylic acid groups (broad SMARTS) is 1. The number of fused-ring (bicyclic) bond motifs is 2. The number of carbonyl (C=O) groups excluding carboxylic acids is 1. The minimum absolute atomic E-state index is 0.0888. The summed E-state index contributed by atoms with van der Waals surface area (Å²) < 4.78 is 48.9. The molecule has 3 aromatic rings. The van der Waals surface area contributed by atoms with Crippen molar-refractivity contribution in [1.82, 2.24) is 19.9 Å². The summed E-state index contributed by atoms with van der Waals surface area (Å²) in [5.74, 6) is -0.768. The van der Waals surface area contributed by atoms with Crippen LogP contribution in [0.3, 0.4) is 0 Å². The van der Waals surface area contributed by atoms with Gasteiger partial charge in [0, 0.05) is 25.3 Å². The molecule has 1 aromatic carbocycles. The maximum Gasteiger partial charge on any atom is 0.490 e. The van der Waals surface area contributed by atoms with E-state index in [1.165, 1.54) is 0 Å². The SMILES string of the molecule is CC(C)Nc1nc(Nc2ccc(C(=O)N3CCOCC3)c3c2OCCO3)nc2[nH]ccc12.O=C(O)C(F)(F)F. The molecule has 0 radical (unpaired) electrons. The van der Waals surface area contributed by atoms with E-state index in [-0.39, 0.29) is 11.9 Å². The Morgan fingerprint density at radius 3 is 2.36 bits per heavy atom. The second kappa shape index (κ2) is 11.6. The minimum atomic E-state index is -5.08. The third-order valence-corrected chi connectivity index (χ3v) is 5.55. The van der Waals surface area contributed by atoms with Gasteiger partial charge in [-0.25, -0.2) is 4.79 Å². The Morgan fingerprint density at radius 2 is 1.72 bits per heavy atom. The van der Waals surface area contributed by atoms with Gasteiger partial charge in [0.2, 0.25) is 5.95 Å². The van der Waals surface area contributed by atoms with Crippen LogP contribution < -0.4 is 20.1 Å². The number of aromatic nitrogens is 3. The van der Waals surface area contributed by atoms with E-state index in [2.05, 4.69) is 39.4 Å². The lowest BCUT2D eigenvalue weighted by atomic mass is 10.1. The number of aliphatic carboxylic acids is 1. The Kier molecular flexibility index (Phi) is 8.28. The second-order valence-corrected chi connectivity index (χ2v) is 8.78. The molecule has 0 unspecified atom stereocenters. The number of anilines is 3. The van der Waals surface area contributed by atoms with Crippen LogP contribution in [0.25, 0.3) is 11.0 Å². The molecule has 0 spiro atoms. The normalized spacial score (nSPS) is 15.0. The van der Waals surface area contributed by atoms with Crippen molar-refractivity contribution >= 4 is 40.4 Å². The van der Waals surface area contributed by atoms with Crippen LogP contribution in [0.4, 0.5) is 30.6 Å². The Morgan fingerprint density at radius 1 is 1.05 bits per heavy atom. The van der Waals surface area contributed by atoms with Crippen molar-refractivity contribution < 1.29 is 42.1 Å². The number of nitrogens with zero attached hydrogens (tertiary/aromatic N) is 3. The standard InChI is InChI=1S/C22H26N6O4.C2HF3O2/c1-13(2)24-20-15-5-6-23-19(15)26-22(27-20)25-16-4-3-14(17-18(16)32-12-11-31-17)21(29)28-7-9-30-10-8-28;3-2(4,5)1(6)7/h3-6,13H,7-12H2,1-2H3,(H3,23,24,25,26,27);(H,6,7). The maximum atomic E-state index is 13.1. The number of carboxylic acids is 1. The molecule has 0 saturated carbocycles. The zero-order chi connectivity index (χ0) is 28.2. The fourth-order valence-corrected chi connectivity index (χ4v) is 3.84. The van der Waals surface area contributed by atoms with Crippen LogP contribution in [0.1, 0.15) is 24.2 Å². The number of hydrogen-bond donors (Lipinski definition) is 4. The molecule has 1 saturated heterocycles. The molecule has 0 aliphatic carbocycles. The number of alkyl halides is 3. The zero-order valence-electron chi connectivity index (χ0n) is 21.1. The number of aromatic amines is 1. The van der Waals surface area contributed by atoms with Crippen LogP contribution in [0, 0.1) is 0 Å². The highest BCUT2D eigenvalue weighted by Crippen LogP contribution is 2.42. The number of nitrogens with one attached hydrogen (secondary N) is 3. The molecule has 2 aliphatic rings. The molecule has 1 fully saturated rings. The van der Waals surface area contributed by atoms with Gasteiger partial charge in [-0.1, -0.05) is 0 Å². The number of carbonyl (C=O) groups is 2. The summed E-state index contributed by atoms with van der Waals surface area (Å²) in [6.07, 6.45) is -3.25. The first-order valence-electron chi connectivity index (χ1n) is 12.0. The summed E-state index contributed by atoms with van der Waals surface area (Å²) in [5, 5.41) is 14.6. The van der Waals surface area contributed by atoms with E-state index in [1.54, 1.807) is 17.0 Å². The number of benzene rings is 1. The number of morpholine rings is 1. The second-order valence-electron chi connectivity index (χ2n) is 8.78. The van der Waals surface area contributed by atoms with Crippen LogP contribution in [0.2, 0.25) is 0 Å². The number of rotatable bonds is 5. The van der Waals surface area contributed by atoms with Gasteiger partial charge in [-0.2, -0.15) is 23.1 Å². The average Bonchev–Trinajstić information content (AvgIpc) is 3.38. The van der Waals surface area contributed by atoms with Gasteiger partial charge in [0.15, 0.2) is 11.5 Å². The van der Waals surface area contributed by atoms with Gasteiger partial charge in [-0.05, 0) is 32.0 Å². The lowest BCUT2D eigenvalue weighted by molar-refractivity contribution is -0.192. The summed E-state index contributed by atoms with van der Waals surface area (Å²) in [5.41, 5.74) is 1.84. The summed E-state index contributed by atoms with van der Waals surface area (Å²) in [6.45, 7) is 7.08. The summed E-state index contributed by atoms with van der Waals surface area (Å²) in [4.78, 5) is 36.1. The third-order valence-electron chi connectivity index (χ3n) is 5.55. The highest BCUT2D eigenvalue weighted by molar-refractivity contribution is 5.99. The molecule has 5 rings (SSSR count). The number of ether oxygens (including phenoxy) is 3. The molecule has 12 nitrogen and oxygen atoms in total. The van der Waals surface area contributed by atoms with Crippen molar-refractivity contribution in [2.75, 3.05) is 50.2 Å². The van der Waals surface area contributed by atoms with Gasteiger partial charge in [-0.3, -0.25) is 4.79 Å². The minimum Gasteiger partial charge on any atom is -0.485 e. The van der Waals surface area contributed by atoms with Crippen molar-refractivity contribution in [2.45, 2.75) is 26.1 Å². The molecule has 39 heavy (non-hydrogen) atoms. The van der Waals surface area contributed by atoms with Crippen molar-refractivity contribution in [1.29, 1.82) is 0 Å². The summed E-state index contributed by atoms with van der Waals surface area (Å²) >= 11 is 0. The molecule has 2 aromatic heterocycles. The Hall–Kier alpha value is -4.27. The Labute approximate surface area is 220 Å². The van der Waals surface area contributed by atoms with Crippen LogP contribution in [-0.4, -0.2) is 88.6 Å². The van der Waals surface area contributed by atoms with Crippen LogP contribution in [0.15, 0.2) is 24.4 Å². The highest BCUT2D eigenvalue weighted by Gasteiger charge is 2.38. The summed E-state index contributed by atoms with van der Waals surface area (Å²) in [7, 11) is 0. The zero-order valence-corrected chi connectivity index (χ0v) is 21.1. The quantitative estimate of drug-likeness (QED) is 0.371. The lowest BCUT2D eigenvalue weighted by Gasteiger charge is -2.29. The molecular weight excluding hydrogens is 525 g/mol. The van der Waals surface area contributed by atoms with Gasteiger partial charge >= 0.3 is 12.1 Å². The molecule has 0 bridgehead atoms. The Balaban J connectivity index is 0.000000448. The Bertz CT molecular complexity index is 1340. The van der Waals surface area contributed by atoms with Crippen molar-refractivity contribution in [3.05, 3.63) is 30.0 Å². The number of halogens is 3. The fraction of sp³-hybridized carbons (Fsp3) is 0.417. The smallest absolute Gasteiger partial charge is 0.485 e. The molecule has 0 atom stereocenters. The average molecular weight is 553 g/mol. The fourth-order valence-electron chi connectivity index (χ4n) is 3.84. The van der Waals surface area contributed by atoms with E-state index in [1.807, 2.05) is 12.3 Å². The topological polar surface area (TPSA) is 151 Å². The molecule has 1 amide bonds. The van der Waals surface area contributed by atoms with Gasteiger partial charge in [0.1, 0.15) is 24.7 Å². The first-order chi connectivity index (χ1) is 18.5. The van der Waals surface area contributed by atoms with Crippen LogP contribution in [0.5, 0.6) is 11.5 Å². The third kappa shape index (κ3) is 6.60. The van der Waals surface area contributed by atoms with E-state index in [0.29, 0.717) is 68.2 Å². The van der Waals surface area contributed by atoms with Gasteiger partial charge in [0.05, 0.1) is 29.9 Å². The van der Waals surface area contributed by atoms with Gasteiger partial charge < -0.3 is 39.8 Å². The predicted molar refractivity (Wildman–Crippen MR) is 134 cm³/mol. The number of amides is 1. The van der Waals surface area contributed by atoms with Crippen molar-refractivity contribution in [3.8, 4) is 11.5 Å². The summed E-state index contributed by atoms with van der Waals surface area (Å²) in [6, 6.07) is 5.72. The molecule has 4 N–H and O–H groups in total.